The van der Waals surface area contributed by atoms with E-state index in [0.717, 1.165) is 53.8 Å². The summed E-state index contributed by atoms with van der Waals surface area (Å²) in [5, 5.41) is 17.0. The maximum atomic E-state index is 4.62. The number of anilines is 2. The van der Waals surface area contributed by atoms with Gasteiger partial charge in [0.05, 0.1) is 17.3 Å². The topological polar surface area (TPSA) is 75.9 Å². The Labute approximate surface area is 190 Å². The number of nitrogens with zero attached hydrogens (tertiary/aromatic N) is 8. The third kappa shape index (κ3) is 3.60. The van der Waals surface area contributed by atoms with Crippen LogP contribution in [0.4, 0.5) is 10.9 Å². The van der Waals surface area contributed by atoms with E-state index in [1.54, 1.807) is 17.7 Å². The molecule has 9 heteroatoms. The minimum absolute atomic E-state index is 0.617. The van der Waals surface area contributed by atoms with Crippen LogP contribution >= 0.6 is 11.3 Å². The highest BCUT2D eigenvalue weighted by Gasteiger charge is 2.25. The Kier molecular flexibility index (Phi) is 5.18. The molecule has 1 aliphatic heterocycles. The second kappa shape index (κ2) is 8.46. The number of hydrogen-bond donors (Lipinski definition) is 0. The number of fused-ring (bicyclic) bond motifs is 1. The standard InChI is InChI=1S/C23H26N8S/c1-3-7-17(8-4-1)22-27-28-23(32-22)30-13-11-29(12-14-30)20-19-15-26-31(21(19)25-16-24-20)18-9-5-2-6-10-18/h2,5-6,9-10,15-17H,1,3-4,7-8,11-14H2. The van der Waals surface area contributed by atoms with Crippen molar-refractivity contribution in [2.45, 2.75) is 38.0 Å². The van der Waals surface area contributed by atoms with E-state index in [2.05, 4.69) is 35.1 Å². The van der Waals surface area contributed by atoms with Crippen LogP contribution in [0.15, 0.2) is 42.9 Å². The van der Waals surface area contributed by atoms with Crippen molar-refractivity contribution in [3.63, 3.8) is 0 Å². The second-order valence-electron chi connectivity index (χ2n) is 8.56. The van der Waals surface area contributed by atoms with Gasteiger partial charge in [-0.25, -0.2) is 14.6 Å². The van der Waals surface area contributed by atoms with Gasteiger partial charge in [-0.15, -0.1) is 10.2 Å². The summed E-state index contributed by atoms with van der Waals surface area (Å²) >= 11 is 1.79. The van der Waals surface area contributed by atoms with E-state index in [1.807, 2.05) is 41.2 Å². The molecule has 0 bridgehead atoms. The van der Waals surface area contributed by atoms with Gasteiger partial charge in [0.25, 0.3) is 0 Å². The molecule has 0 N–H and O–H groups in total. The van der Waals surface area contributed by atoms with Crippen LogP contribution in [-0.4, -0.2) is 56.1 Å². The largest absolute Gasteiger partial charge is 0.352 e. The normalized spacial score (nSPS) is 17.9. The zero-order chi connectivity index (χ0) is 21.3. The summed E-state index contributed by atoms with van der Waals surface area (Å²) in [5.41, 5.74) is 1.84. The Morgan fingerprint density at radius 1 is 0.844 bits per heavy atom. The fraction of sp³-hybridized carbons (Fsp3) is 0.435. The van der Waals surface area contributed by atoms with Gasteiger partial charge in [0.2, 0.25) is 5.13 Å². The molecule has 1 aromatic carbocycles. The summed E-state index contributed by atoms with van der Waals surface area (Å²) < 4.78 is 1.88. The highest BCUT2D eigenvalue weighted by molar-refractivity contribution is 7.15. The van der Waals surface area contributed by atoms with Gasteiger partial charge >= 0.3 is 0 Å². The minimum Gasteiger partial charge on any atom is -0.352 e. The summed E-state index contributed by atoms with van der Waals surface area (Å²) in [6.07, 6.45) is 10.1. The van der Waals surface area contributed by atoms with E-state index in [1.165, 1.54) is 37.1 Å². The fourth-order valence-electron chi connectivity index (χ4n) is 4.82. The molecule has 0 atom stereocenters. The van der Waals surface area contributed by atoms with Crippen LogP contribution in [0.3, 0.4) is 0 Å². The Morgan fingerprint density at radius 3 is 2.44 bits per heavy atom. The molecule has 8 nitrogen and oxygen atoms in total. The van der Waals surface area contributed by atoms with Crippen molar-refractivity contribution in [3.05, 3.63) is 47.9 Å². The molecule has 3 aromatic heterocycles. The number of benzene rings is 1. The lowest BCUT2D eigenvalue weighted by Gasteiger charge is -2.35. The third-order valence-electron chi connectivity index (χ3n) is 6.58. The average molecular weight is 447 g/mol. The number of piperazine rings is 1. The number of rotatable bonds is 4. The van der Waals surface area contributed by atoms with Crippen LogP contribution in [-0.2, 0) is 0 Å². The maximum absolute atomic E-state index is 4.62. The fourth-order valence-corrected chi connectivity index (χ4v) is 5.88. The smallest absolute Gasteiger partial charge is 0.208 e. The molecular formula is C23H26N8S. The number of aromatic nitrogens is 6. The average Bonchev–Trinajstić information content (AvgIpc) is 3.53. The predicted molar refractivity (Wildman–Crippen MR) is 127 cm³/mol. The van der Waals surface area contributed by atoms with E-state index in [0.29, 0.717) is 5.92 Å². The van der Waals surface area contributed by atoms with Crippen LogP contribution < -0.4 is 9.80 Å². The summed E-state index contributed by atoms with van der Waals surface area (Å²) in [5.74, 6) is 1.57. The first kappa shape index (κ1) is 19.6. The minimum atomic E-state index is 0.617. The van der Waals surface area contributed by atoms with Crippen molar-refractivity contribution in [2.75, 3.05) is 36.0 Å². The quantitative estimate of drug-likeness (QED) is 0.468. The van der Waals surface area contributed by atoms with Gasteiger partial charge in [0.1, 0.15) is 17.2 Å². The van der Waals surface area contributed by atoms with E-state index in [9.17, 15) is 0 Å². The highest BCUT2D eigenvalue weighted by Crippen LogP contribution is 2.36. The first-order chi connectivity index (χ1) is 15.9. The van der Waals surface area contributed by atoms with E-state index >= 15 is 0 Å². The zero-order valence-electron chi connectivity index (χ0n) is 18.0. The van der Waals surface area contributed by atoms with Gasteiger partial charge in [0, 0.05) is 32.1 Å². The number of para-hydroxylation sites is 1. The molecule has 0 unspecified atom stereocenters. The molecule has 0 spiro atoms. The molecule has 1 saturated carbocycles. The molecule has 1 saturated heterocycles. The van der Waals surface area contributed by atoms with Gasteiger partial charge < -0.3 is 9.80 Å². The molecule has 2 aliphatic rings. The first-order valence-electron chi connectivity index (χ1n) is 11.4. The molecule has 164 valence electrons. The molecule has 2 fully saturated rings. The molecule has 0 amide bonds. The molecule has 0 radical (unpaired) electrons. The Morgan fingerprint density at radius 2 is 1.62 bits per heavy atom. The zero-order valence-corrected chi connectivity index (χ0v) is 18.8. The molecule has 4 heterocycles. The maximum Gasteiger partial charge on any atom is 0.208 e. The Balaban J connectivity index is 1.18. The summed E-state index contributed by atoms with van der Waals surface area (Å²) in [6, 6.07) is 10.1. The van der Waals surface area contributed by atoms with Crippen LogP contribution in [0.2, 0.25) is 0 Å². The van der Waals surface area contributed by atoms with Crippen LogP contribution in [0.5, 0.6) is 0 Å². The van der Waals surface area contributed by atoms with Gasteiger partial charge in [-0.2, -0.15) is 5.10 Å². The van der Waals surface area contributed by atoms with Crippen molar-refractivity contribution in [1.29, 1.82) is 0 Å². The molecular weight excluding hydrogens is 420 g/mol. The SMILES string of the molecule is c1ccc(-n2ncc3c(N4CCN(c5nnc(C6CCCCC6)s5)CC4)ncnc32)cc1. The van der Waals surface area contributed by atoms with Crippen LogP contribution in [0, 0.1) is 0 Å². The third-order valence-corrected chi connectivity index (χ3v) is 7.73. The lowest BCUT2D eigenvalue weighted by Crippen LogP contribution is -2.46. The van der Waals surface area contributed by atoms with Crippen LogP contribution in [0.1, 0.15) is 43.0 Å². The molecule has 1 aliphatic carbocycles. The monoisotopic (exact) mass is 446 g/mol. The first-order valence-corrected chi connectivity index (χ1v) is 12.3. The van der Waals surface area contributed by atoms with Gasteiger partial charge in [-0.1, -0.05) is 48.8 Å². The lowest BCUT2D eigenvalue weighted by atomic mass is 9.90. The second-order valence-corrected chi connectivity index (χ2v) is 9.55. The van der Waals surface area contributed by atoms with E-state index in [-0.39, 0.29) is 0 Å². The highest BCUT2D eigenvalue weighted by atomic mass is 32.1. The van der Waals surface area contributed by atoms with Gasteiger partial charge in [0.15, 0.2) is 5.65 Å². The molecule has 4 aromatic rings. The summed E-state index contributed by atoms with van der Waals surface area (Å²) in [4.78, 5) is 13.8. The van der Waals surface area contributed by atoms with Gasteiger partial charge in [-0.05, 0) is 25.0 Å². The van der Waals surface area contributed by atoms with Crippen molar-refractivity contribution in [2.24, 2.45) is 0 Å². The van der Waals surface area contributed by atoms with E-state index < -0.39 is 0 Å². The summed E-state index contributed by atoms with van der Waals surface area (Å²) in [6.45, 7) is 3.61. The Bertz CT molecular complexity index is 1190. The molecule has 6 rings (SSSR count). The Hall–Kier alpha value is -3.07. The lowest BCUT2D eigenvalue weighted by molar-refractivity contribution is 0.440. The van der Waals surface area contributed by atoms with Gasteiger partial charge in [-0.3, -0.25) is 0 Å². The van der Waals surface area contributed by atoms with Crippen LogP contribution in [0.25, 0.3) is 16.7 Å². The van der Waals surface area contributed by atoms with Crippen molar-refractivity contribution in [1.82, 2.24) is 29.9 Å². The predicted octanol–water partition coefficient (Wildman–Crippen LogP) is 4.04. The summed E-state index contributed by atoms with van der Waals surface area (Å²) in [7, 11) is 0. The van der Waals surface area contributed by atoms with E-state index in [4.69, 9.17) is 0 Å². The van der Waals surface area contributed by atoms with Crippen molar-refractivity contribution < 1.29 is 0 Å². The van der Waals surface area contributed by atoms with Crippen molar-refractivity contribution in [3.8, 4) is 5.69 Å². The molecule has 32 heavy (non-hydrogen) atoms. The number of hydrogen-bond acceptors (Lipinski definition) is 8. The van der Waals surface area contributed by atoms with Crippen molar-refractivity contribution >= 4 is 33.3 Å².